The quantitative estimate of drug-likeness (QED) is 0.169. The fourth-order valence-corrected chi connectivity index (χ4v) is 3.13. The number of oxime groups is 1. The normalized spacial score (nSPS) is 13.3. The van der Waals surface area contributed by atoms with Crippen LogP contribution in [0.3, 0.4) is 0 Å². The molecule has 1 rings (SSSR count). The second-order valence-corrected chi connectivity index (χ2v) is 8.66. The number of nitrogens with one attached hydrogen (secondary N) is 3. The molecule has 10 heteroatoms. The number of hydrogen-bond acceptors (Lipinski definition) is 6. The largest absolute Gasteiger partial charge is 0.480 e. The van der Waals surface area contributed by atoms with E-state index < -0.39 is 42.3 Å². The highest BCUT2D eigenvalue weighted by Crippen LogP contribution is 2.09. The third-order valence-corrected chi connectivity index (χ3v) is 4.64. The average molecular weight is 463 g/mol. The van der Waals surface area contributed by atoms with Gasteiger partial charge in [0.05, 0.1) is 0 Å². The Bertz CT molecular complexity index is 839. The second-order valence-electron chi connectivity index (χ2n) is 8.66. The Kier molecular flexibility index (Phi) is 11.6. The summed E-state index contributed by atoms with van der Waals surface area (Å²) in [6.45, 7) is 6.88. The van der Waals surface area contributed by atoms with Crippen LogP contribution in [0.1, 0.15) is 46.1 Å². The number of carboxylic acids is 1. The first-order valence-corrected chi connectivity index (χ1v) is 10.9. The Balaban J connectivity index is 3.07. The number of benzene rings is 1. The van der Waals surface area contributed by atoms with Crippen LogP contribution in [0.5, 0.6) is 0 Å². The number of carboxylic acid groups (broad SMARTS) is 1. The third-order valence-electron chi connectivity index (χ3n) is 4.64. The van der Waals surface area contributed by atoms with Gasteiger partial charge in [-0.25, -0.2) is 0 Å². The zero-order chi connectivity index (χ0) is 25.0. The van der Waals surface area contributed by atoms with Crippen LogP contribution < -0.4 is 16.0 Å². The van der Waals surface area contributed by atoms with Crippen molar-refractivity contribution in [1.29, 1.82) is 0 Å². The van der Waals surface area contributed by atoms with Gasteiger partial charge in [0.1, 0.15) is 24.3 Å². The Hall–Kier alpha value is -3.43. The highest BCUT2D eigenvalue weighted by molar-refractivity contribution is 6.39. The predicted octanol–water partition coefficient (Wildman–Crippen LogP) is 1.32. The van der Waals surface area contributed by atoms with E-state index >= 15 is 0 Å². The smallest absolute Gasteiger partial charge is 0.322 e. The zero-order valence-corrected chi connectivity index (χ0v) is 19.5. The molecule has 182 valence electrons. The minimum Gasteiger partial charge on any atom is -0.480 e. The van der Waals surface area contributed by atoms with Crippen molar-refractivity contribution < 1.29 is 29.5 Å². The number of rotatable bonds is 13. The van der Waals surface area contributed by atoms with Crippen molar-refractivity contribution >= 4 is 29.4 Å². The number of carbonyl (C=O) groups is 4. The maximum atomic E-state index is 13.1. The molecule has 10 nitrogen and oxygen atoms in total. The third kappa shape index (κ3) is 10.6. The van der Waals surface area contributed by atoms with Gasteiger partial charge < -0.3 is 26.3 Å². The van der Waals surface area contributed by atoms with E-state index in [1.807, 2.05) is 33.8 Å². The van der Waals surface area contributed by atoms with E-state index in [0.29, 0.717) is 0 Å². The molecule has 2 atom stereocenters. The molecule has 5 N–H and O–H groups in total. The lowest BCUT2D eigenvalue weighted by molar-refractivity contribution is -0.138. The molecule has 0 aromatic heterocycles. The first-order chi connectivity index (χ1) is 15.5. The summed E-state index contributed by atoms with van der Waals surface area (Å²) in [5.74, 6) is -3.03. The van der Waals surface area contributed by atoms with E-state index in [2.05, 4.69) is 21.1 Å². The lowest BCUT2D eigenvalue weighted by atomic mass is 10.0. The number of hydrogen-bond donors (Lipinski definition) is 5. The van der Waals surface area contributed by atoms with Crippen LogP contribution in [0.2, 0.25) is 0 Å². The van der Waals surface area contributed by atoms with Crippen molar-refractivity contribution in [2.45, 2.75) is 59.0 Å². The van der Waals surface area contributed by atoms with Gasteiger partial charge in [-0.1, -0.05) is 63.2 Å². The fourth-order valence-electron chi connectivity index (χ4n) is 3.13. The summed E-state index contributed by atoms with van der Waals surface area (Å²) in [5.41, 5.74) is 0.675. The summed E-state index contributed by atoms with van der Waals surface area (Å²) in [6.07, 6.45) is 0.638. The number of amides is 3. The Morgan fingerprint density at radius 1 is 0.909 bits per heavy atom. The summed E-state index contributed by atoms with van der Waals surface area (Å²) in [5, 5.41) is 28.6. The van der Waals surface area contributed by atoms with Gasteiger partial charge in [-0.15, -0.1) is 0 Å². The maximum Gasteiger partial charge on any atom is 0.322 e. The van der Waals surface area contributed by atoms with Gasteiger partial charge in [0.25, 0.3) is 5.91 Å². The zero-order valence-electron chi connectivity index (χ0n) is 19.5. The van der Waals surface area contributed by atoms with E-state index in [9.17, 15) is 24.4 Å². The molecule has 0 aliphatic carbocycles. The van der Waals surface area contributed by atoms with E-state index in [0.717, 1.165) is 5.56 Å². The van der Waals surface area contributed by atoms with Crippen molar-refractivity contribution in [2.75, 3.05) is 6.54 Å². The van der Waals surface area contributed by atoms with Gasteiger partial charge in [-0.3, -0.25) is 19.2 Å². The minimum absolute atomic E-state index is 0.0345. The molecule has 0 bridgehead atoms. The molecule has 0 spiro atoms. The van der Waals surface area contributed by atoms with Crippen LogP contribution >= 0.6 is 0 Å². The standard InChI is InChI=1S/C23H34N4O6/c1-14(2)10-17(21(30)24-13-20(28)29)25-22(31)18(12-16-8-6-5-7-9-16)26-23(32)19(27-33)11-15(3)4/h5-9,14-15,17-18,33H,10-13H2,1-4H3,(H,24,30)(H,25,31)(H,26,32)(H,28,29)/b27-19+/t17-,18-/m0/s1. The molecule has 0 saturated carbocycles. The molecule has 0 radical (unpaired) electrons. The predicted molar refractivity (Wildman–Crippen MR) is 123 cm³/mol. The van der Waals surface area contributed by atoms with Crippen LogP contribution in [0.25, 0.3) is 0 Å². The van der Waals surface area contributed by atoms with E-state index in [4.69, 9.17) is 5.11 Å². The highest BCUT2D eigenvalue weighted by Gasteiger charge is 2.29. The van der Waals surface area contributed by atoms with Gasteiger partial charge in [0, 0.05) is 12.8 Å². The second kappa shape index (κ2) is 13.9. The molecule has 1 aromatic rings. The minimum atomic E-state index is -1.20. The first-order valence-electron chi connectivity index (χ1n) is 10.9. The van der Waals surface area contributed by atoms with Crippen LogP contribution in [-0.4, -0.2) is 58.3 Å². The maximum absolute atomic E-state index is 13.1. The number of carbonyl (C=O) groups excluding carboxylic acids is 3. The van der Waals surface area contributed by atoms with Gasteiger partial charge in [-0.2, -0.15) is 0 Å². The van der Waals surface area contributed by atoms with Gasteiger partial charge in [0.15, 0.2) is 0 Å². The van der Waals surface area contributed by atoms with Gasteiger partial charge in [0.2, 0.25) is 11.8 Å². The summed E-state index contributed by atoms with van der Waals surface area (Å²) < 4.78 is 0. The molecule has 0 saturated heterocycles. The molecule has 0 heterocycles. The molecule has 1 aromatic carbocycles. The van der Waals surface area contributed by atoms with E-state index in [1.165, 1.54) is 0 Å². The molecule has 0 aliphatic rings. The van der Waals surface area contributed by atoms with Crippen molar-refractivity contribution in [3.05, 3.63) is 35.9 Å². The van der Waals surface area contributed by atoms with Crippen molar-refractivity contribution in [2.24, 2.45) is 17.0 Å². The van der Waals surface area contributed by atoms with Crippen molar-refractivity contribution in [3.63, 3.8) is 0 Å². The van der Waals surface area contributed by atoms with Crippen molar-refractivity contribution in [1.82, 2.24) is 16.0 Å². The monoisotopic (exact) mass is 462 g/mol. The number of aliphatic carboxylic acids is 1. The topological polar surface area (TPSA) is 157 Å². The van der Waals surface area contributed by atoms with Crippen LogP contribution in [0.15, 0.2) is 35.5 Å². The summed E-state index contributed by atoms with van der Waals surface area (Å²) in [4.78, 5) is 49.0. The molecule has 0 unspecified atom stereocenters. The summed E-state index contributed by atoms with van der Waals surface area (Å²) in [6, 6.07) is 6.99. The van der Waals surface area contributed by atoms with Crippen LogP contribution in [0, 0.1) is 11.8 Å². The molecular formula is C23H34N4O6. The molecule has 3 amide bonds. The average Bonchev–Trinajstić information content (AvgIpc) is 2.74. The Labute approximate surface area is 193 Å². The fraction of sp³-hybridized carbons (Fsp3) is 0.522. The lowest BCUT2D eigenvalue weighted by Crippen LogP contribution is -2.55. The molecule has 0 fully saturated rings. The highest BCUT2D eigenvalue weighted by atomic mass is 16.4. The lowest BCUT2D eigenvalue weighted by Gasteiger charge is -2.24. The first kappa shape index (κ1) is 27.6. The summed E-state index contributed by atoms with van der Waals surface area (Å²) >= 11 is 0. The molecule has 0 aliphatic heterocycles. The number of nitrogens with zero attached hydrogens (tertiary/aromatic N) is 1. The Morgan fingerprint density at radius 3 is 2.06 bits per heavy atom. The van der Waals surface area contributed by atoms with Crippen LogP contribution in [0.4, 0.5) is 0 Å². The van der Waals surface area contributed by atoms with Gasteiger partial charge >= 0.3 is 5.97 Å². The molecular weight excluding hydrogens is 428 g/mol. The summed E-state index contributed by atoms with van der Waals surface area (Å²) in [7, 11) is 0. The van der Waals surface area contributed by atoms with Gasteiger partial charge in [-0.05, 0) is 23.8 Å². The SMILES string of the molecule is CC(C)C/C(=N\O)C(=O)N[C@@H](Cc1ccccc1)C(=O)N[C@@H](CC(C)C)C(=O)NCC(=O)O. The van der Waals surface area contributed by atoms with Crippen LogP contribution in [-0.2, 0) is 25.6 Å². The molecule has 33 heavy (non-hydrogen) atoms. The Morgan fingerprint density at radius 2 is 1.55 bits per heavy atom. The van der Waals surface area contributed by atoms with Crippen molar-refractivity contribution in [3.8, 4) is 0 Å². The van der Waals surface area contributed by atoms with E-state index in [-0.39, 0.29) is 36.8 Å². The van der Waals surface area contributed by atoms with E-state index in [1.54, 1.807) is 24.3 Å².